The van der Waals surface area contributed by atoms with Crippen molar-refractivity contribution in [2.75, 3.05) is 26.7 Å². The van der Waals surface area contributed by atoms with E-state index < -0.39 is 11.8 Å². The molecule has 146 valence electrons. The van der Waals surface area contributed by atoms with Gasteiger partial charge in [0.15, 0.2) is 0 Å². The van der Waals surface area contributed by atoms with Gasteiger partial charge < -0.3 is 10.2 Å². The second-order valence-corrected chi connectivity index (χ2v) is 7.17. The molecule has 0 atom stereocenters. The number of rotatable bonds is 8. The fourth-order valence-electron chi connectivity index (χ4n) is 3.30. The Hall–Kier alpha value is -2.99. The van der Waals surface area contributed by atoms with Gasteiger partial charge in [-0.05, 0) is 44.6 Å². The number of aryl methyl sites for hydroxylation is 1. The molecule has 0 saturated heterocycles. The summed E-state index contributed by atoms with van der Waals surface area (Å²) >= 11 is 0. The zero-order valence-electron chi connectivity index (χ0n) is 16.3. The van der Waals surface area contributed by atoms with E-state index in [0.29, 0.717) is 17.7 Å². The predicted octanol–water partition coefficient (Wildman–Crippen LogP) is 2.23. The predicted molar refractivity (Wildman–Crippen MR) is 107 cm³/mol. The number of hydrogen-bond donors (Lipinski definition) is 1. The SMILES string of the molecule is Cc1ccc2c(c1)C(=O)N(CC(=O)NCCCN(C)Cc1ccccc1)C2=O. The first-order valence-corrected chi connectivity index (χ1v) is 9.41. The number of nitrogens with one attached hydrogen (secondary N) is 1. The van der Waals surface area contributed by atoms with Gasteiger partial charge in [-0.1, -0.05) is 42.0 Å². The molecule has 0 bridgehead atoms. The Balaban J connectivity index is 1.41. The highest BCUT2D eigenvalue weighted by Gasteiger charge is 2.36. The third kappa shape index (κ3) is 4.64. The van der Waals surface area contributed by atoms with Crippen LogP contribution in [-0.2, 0) is 11.3 Å². The average Bonchev–Trinajstić information content (AvgIpc) is 2.90. The van der Waals surface area contributed by atoms with Gasteiger partial charge in [0.2, 0.25) is 5.91 Å². The van der Waals surface area contributed by atoms with Gasteiger partial charge in [0.05, 0.1) is 11.1 Å². The maximum absolute atomic E-state index is 12.4. The molecule has 1 aliphatic heterocycles. The summed E-state index contributed by atoms with van der Waals surface area (Å²) in [5.41, 5.74) is 2.90. The first-order chi connectivity index (χ1) is 13.5. The van der Waals surface area contributed by atoms with Crippen LogP contribution in [0.5, 0.6) is 0 Å². The van der Waals surface area contributed by atoms with E-state index in [-0.39, 0.29) is 12.5 Å². The van der Waals surface area contributed by atoms with Crippen LogP contribution in [-0.4, -0.2) is 54.2 Å². The summed E-state index contributed by atoms with van der Waals surface area (Å²) in [5, 5.41) is 2.80. The second-order valence-electron chi connectivity index (χ2n) is 7.17. The van der Waals surface area contributed by atoms with E-state index in [0.717, 1.165) is 30.0 Å². The maximum Gasteiger partial charge on any atom is 0.262 e. The summed E-state index contributed by atoms with van der Waals surface area (Å²) in [4.78, 5) is 40.1. The molecule has 0 aromatic heterocycles. The Morgan fingerprint density at radius 3 is 2.50 bits per heavy atom. The minimum absolute atomic E-state index is 0.245. The summed E-state index contributed by atoms with van der Waals surface area (Å²) in [6.07, 6.45) is 0.788. The number of amides is 3. The molecule has 1 N–H and O–H groups in total. The van der Waals surface area contributed by atoms with Gasteiger partial charge in [0, 0.05) is 13.1 Å². The lowest BCUT2D eigenvalue weighted by molar-refractivity contribution is -0.121. The molecule has 3 rings (SSSR count). The third-order valence-electron chi connectivity index (χ3n) is 4.76. The summed E-state index contributed by atoms with van der Waals surface area (Å²) in [6, 6.07) is 15.3. The molecule has 1 aliphatic rings. The Morgan fingerprint density at radius 1 is 1.04 bits per heavy atom. The van der Waals surface area contributed by atoms with E-state index in [1.807, 2.05) is 32.2 Å². The lowest BCUT2D eigenvalue weighted by Crippen LogP contribution is -2.41. The molecule has 1 heterocycles. The summed E-state index contributed by atoms with van der Waals surface area (Å²) in [5.74, 6) is -1.13. The van der Waals surface area contributed by atoms with Crippen molar-refractivity contribution < 1.29 is 14.4 Å². The van der Waals surface area contributed by atoms with Gasteiger partial charge in [-0.3, -0.25) is 19.3 Å². The molecule has 0 aliphatic carbocycles. The van der Waals surface area contributed by atoms with E-state index in [4.69, 9.17) is 0 Å². The van der Waals surface area contributed by atoms with Crippen LogP contribution in [0.1, 0.15) is 38.3 Å². The first kappa shape index (κ1) is 19.8. The fourth-order valence-corrected chi connectivity index (χ4v) is 3.30. The van der Waals surface area contributed by atoms with Crippen molar-refractivity contribution >= 4 is 17.7 Å². The zero-order chi connectivity index (χ0) is 20.1. The monoisotopic (exact) mass is 379 g/mol. The van der Waals surface area contributed by atoms with Gasteiger partial charge in [-0.15, -0.1) is 0 Å². The van der Waals surface area contributed by atoms with Gasteiger partial charge in [0.25, 0.3) is 11.8 Å². The number of hydrogen-bond acceptors (Lipinski definition) is 4. The van der Waals surface area contributed by atoms with Gasteiger partial charge in [-0.2, -0.15) is 0 Å². The van der Waals surface area contributed by atoms with Crippen LogP contribution in [0.3, 0.4) is 0 Å². The molecule has 2 aromatic rings. The maximum atomic E-state index is 12.4. The number of fused-ring (bicyclic) bond motifs is 1. The smallest absolute Gasteiger partial charge is 0.262 e. The van der Waals surface area contributed by atoms with E-state index in [2.05, 4.69) is 22.3 Å². The highest BCUT2D eigenvalue weighted by Crippen LogP contribution is 2.23. The zero-order valence-corrected chi connectivity index (χ0v) is 16.3. The summed E-state index contributed by atoms with van der Waals surface area (Å²) in [7, 11) is 2.04. The molecule has 2 aromatic carbocycles. The topological polar surface area (TPSA) is 69.7 Å². The highest BCUT2D eigenvalue weighted by atomic mass is 16.2. The van der Waals surface area contributed by atoms with Crippen molar-refractivity contribution in [1.82, 2.24) is 15.1 Å². The van der Waals surface area contributed by atoms with Crippen molar-refractivity contribution in [2.45, 2.75) is 19.9 Å². The first-order valence-electron chi connectivity index (χ1n) is 9.41. The molecule has 3 amide bonds. The molecular formula is C22H25N3O3. The molecule has 0 radical (unpaired) electrons. The summed E-state index contributed by atoms with van der Waals surface area (Å²) < 4.78 is 0. The van der Waals surface area contributed by atoms with Crippen molar-refractivity contribution in [3.63, 3.8) is 0 Å². The van der Waals surface area contributed by atoms with Crippen LogP contribution >= 0.6 is 0 Å². The van der Waals surface area contributed by atoms with Crippen molar-refractivity contribution in [1.29, 1.82) is 0 Å². The molecule has 6 heteroatoms. The van der Waals surface area contributed by atoms with Crippen molar-refractivity contribution in [3.05, 3.63) is 70.8 Å². The van der Waals surface area contributed by atoms with E-state index >= 15 is 0 Å². The van der Waals surface area contributed by atoms with Crippen LogP contribution in [0, 0.1) is 6.92 Å². The van der Waals surface area contributed by atoms with Crippen molar-refractivity contribution in [3.8, 4) is 0 Å². The summed E-state index contributed by atoms with van der Waals surface area (Å²) in [6.45, 7) is 3.80. The number of benzene rings is 2. The Labute approximate surface area is 165 Å². The third-order valence-corrected chi connectivity index (χ3v) is 4.76. The van der Waals surface area contributed by atoms with Crippen LogP contribution in [0.25, 0.3) is 0 Å². The molecule has 0 saturated carbocycles. The molecule has 0 unspecified atom stereocenters. The van der Waals surface area contributed by atoms with Gasteiger partial charge in [0.1, 0.15) is 6.54 Å². The minimum atomic E-state index is -0.405. The molecule has 28 heavy (non-hydrogen) atoms. The van der Waals surface area contributed by atoms with Crippen LogP contribution < -0.4 is 5.32 Å². The van der Waals surface area contributed by atoms with Crippen LogP contribution in [0.2, 0.25) is 0 Å². The standard InChI is InChI=1S/C22H25N3O3/c1-16-9-10-18-19(13-16)22(28)25(21(18)27)15-20(26)23-11-6-12-24(2)14-17-7-4-3-5-8-17/h3-5,7-10,13H,6,11-12,14-15H2,1-2H3,(H,23,26). The number of nitrogens with zero attached hydrogens (tertiary/aromatic N) is 2. The largest absolute Gasteiger partial charge is 0.354 e. The van der Waals surface area contributed by atoms with E-state index in [1.54, 1.807) is 18.2 Å². The second kappa shape index (κ2) is 8.80. The Morgan fingerprint density at radius 2 is 1.75 bits per heavy atom. The lowest BCUT2D eigenvalue weighted by Gasteiger charge is -2.17. The average molecular weight is 379 g/mol. The van der Waals surface area contributed by atoms with Gasteiger partial charge >= 0.3 is 0 Å². The van der Waals surface area contributed by atoms with E-state index in [1.165, 1.54) is 5.56 Å². The Kier molecular flexibility index (Phi) is 6.21. The van der Waals surface area contributed by atoms with Gasteiger partial charge in [-0.25, -0.2) is 0 Å². The van der Waals surface area contributed by atoms with Crippen LogP contribution in [0.4, 0.5) is 0 Å². The highest BCUT2D eigenvalue weighted by molar-refractivity contribution is 6.22. The number of carbonyl (C=O) groups excluding carboxylic acids is 3. The van der Waals surface area contributed by atoms with E-state index in [9.17, 15) is 14.4 Å². The molecule has 0 fully saturated rings. The molecule has 0 spiro atoms. The minimum Gasteiger partial charge on any atom is -0.354 e. The van der Waals surface area contributed by atoms with Crippen LogP contribution in [0.15, 0.2) is 48.5 Å². The quantitative estimate of drug-likeness (QED) is 0.564. The Bertz CT molecular complexity index is 880. The lowest BCUT2D eigenvalue weighted by atomic mass is 10.1. The molecule has 6 nitrogen and oxygen atoms in total. The number of carbonyl (C=O) groups is 3. The fraction of sp³-hybridized carbons (Fsp3) is 0.318. The normalized spacial score (nSPS) is 13.2. The van der Waals surface area contributed by atoms with Crippen molar-refractivity contribution in [2.24, 2.45) is 0 Å². The number of imide groups is 1. The molecular weight excluding hydrogens is 354 g/mol.